The van der Waals surface area contributed by atoms with Gasteiger partial charge in [-0.25, -0.2) is 9.59 Å². The Kier molecular flexibility index (Phi) is 8.55. The number of rotatable bonds is 12. The van der Waals surface area contributed by atoms with E-state index in [1.54, 1.807) is 48.5 Å². The van der Waals surface area contributed by atoms with Crippen molar-refractivity contribution in [1.82, 2.24) is 0 Å². The molecule has 2 N–H and O–H groups in total. The number of unbranched alkanes of at least 4 members (excludes halogenated alkanes) is 2. The van der Waals surface area contributed by atoms with Crippen LogP contribution in [0.3, 0.4) is 0 Å². The number of carboxylic acids is 2. The average Bonchev–Trinajstić information content (AvgIpc) is 2.93. The summed E-state index contributed by atoms with van der Waals surface area (Å²) in [6, 6.07) is 29.2. The average molecular weight is 497 g/mol. The number of aromatic carboxylic acids is 2. The van der Waals surface area contributed by atoms with Gasteiger partial charge in [-0.1, -0.05) is 48.5 Å². The fourth-order valence-electron chi connectivity index (χ4n) is 3.86. The maximum absolute atomic E-state index is 11.0. The number of ether oxygens (including phenoxy) is 2. The lowest BCUT2D eigenvalue weighted by Crippen LogP contribution is -2.01. The van der Waals surface area contributed by atoms with Crippen LogP contribution in [-0.4, -0.2) is 35.4 Å². The van der Waals surface area contributed by atoms with E-state index >= 15 is 0 Å². The molecule has 4 aromatic carbocycles. The maximum atomic E-state index is 11.0. The van der Waals surface area contributed by atoms with Crippen LogP contribution >= 0.6 is 0 Å². The van der Waals surface area contributed by atoms with E-state index in [9.17, 15) is 9.59 Å². The molecule has 6 heteroatoms. The molecule has 0 aliphatic carbocycles. The molecule has 6 nitrogen and oxygen atoms in total. The molecule has 188 valence electrons. The third kappa shape index (κ3) is 7.21. The lowest BCUT2D eigenvalue weighted by Gasteiger charge is -2.09. The lowest BCUT2D eigenvalue weighted by atomic mass is 10.0. The molecule has 4 aromatic rings. The van der Waals surface area contributed by atoms with E-state index in [0.29, 0.717) is 13.2 Å². The first kappa shape index (κ1) is 25.5. The topological polar surface area (TPSA) is 93.1 Å². The monoisotopic (exact) mass is 496 g/mol. The third-order valence-electron chi connectivity index (χ3n) is 5.97. The van der Waals surface area contributed by atoms with E-state index in [0.717, 1.165) is 53.0 Å². The van der Waals surface area contributed by atoms with E-state index in [1.807, 2.05) is 48.5 Å². The van der Waals surface area contributed by atoms with Crippen LogP contribution in [0.25, 0.3) is 22.3 Å². The van der Waals surface area contributed by atoms with Crippen molar-refractivity contribution >= 4 is 11.9 Å². The fourth-order valence-corrected chi connectivity index (χ4v) is 3.86. The molecule has 0 radical (unpaired) electrons. The molecule has 0 unspecified atom stereocenters. The minimum atomic E-state index is -0.931. The summed E-state index contributed by atoms with van der Waals surface area (Å²) in [6.45, 7) is 1.25. The number of carbonyl (C=O) groups is 2. The van der Waals surface area contributed by atoms with Crippen LogP contribution in [0.1, 0.15) is 40.0 Å². The Labute approximate surface area is 215 Å². The van der Waals surface area contributed by atoms with Crippen molar-refractivity contribution in [2.45, 2.75) is 19.3 Å². The van der Waals surface area contributed by atoms with E-state index in [-0.39, 0.29) is 11.1 Å². The Morgan fingerprint density at radius 3 is 1.05 bits per heavy atom. The molecule has 0 amide bonds. The molecule has 0 aromatic heterocycles. The number of benzene rings is 4. The van der Waals surface area contributed by atoms with Gasteiger partial charge in [0.1, 0.15) is 11.5 Å². The van der Waals surface area contributed by atoms with Gasteiger partial charge in [-0.2, -0.15) is 0 Å². The van der Waals surface area contributed by atoms with Crippen LogP contribution in [0, 0.1) is 0 Å². The number of hydrogen-bond acceptors (Lipinski definition) is 4. The molecule has 0 aliphatic heterocycles. The minimum Gasteiger partial charge on any atom is -0.494 e. The Bertz CT molecular complexity index is 1200. The highest BCUT2D eigenvalue weighted by molar-refractivity contribution is 5.88. The largest absolute Gasteiger partial charge is 0.494 e. The van der Waals surface area contributed by atoms with Gasteiger partial charge in [-0.3, -0.25) is 0 Å². The molecule has 0 aliphatic rings. The summed E-state index contributed by atoms with van der Waals surface area (Å²) in [5.41, 5.74) is 4.47. The molecule has 37 heavy (non-hydrogen) atoms. The zero-order valence-electron chi connectivity index (χ0n) is 20.3. The fraction of sp³-hybridized carbons (Fsp3) is 0.161. The van der Waals surface area contributed by atoms with Crippen LogP contribution < -0.4 is 9.47 Å². The van der Waals surface area contributed by atoms with Crippen molar-refractivity contribution in [3.63, 3.8) is 0 Å². The predicted molar refractivity (Wildman–Crippen MR) is 143 cm³/mol. The molecule has 0 saturated heterocycles. The van der Waals surface area contributed by atoms with Crippen molar-refractivity contribution in [2.75, 3.05) is 13.2 Å². The second-order valence-electron chi connectivity index (χ2n) is 8.57. The second-order valence-corrected chi connectivity index (χ2v) is 8.57. The zero-order valence-corrected chi connectivity index (χ0v) is 20.3. The first-order chi connectivity index (χ1) is 18.0. The Hall–Kier alpha value is -4.58. The van der Waals surface area contributed by atoms with Crippen LogP contribution in [-0.2, 0) is 0 Å². The molecule has 0 fully saturated rings. The Balaban J connectivity index is 1.13. The van der Waals surface area contributed by atoms with Crippen molar-refractivity contribution in [3.05, 3.63) is 108 Å². The smallest absolute Gasteiger partial charge is 0.335 e. The van der Waals surface area contributed by atoms with Gasteiger partial charge in [0.25, 0.3) is 0 Å². The van der Waals surface area contributed by atoms with Gasteiger partial charge in [0, 0.05) is 0 Å². The quantitative estimate of drug-likeness (QED) is 0.204. The van der Waals surface area contributed by atoms with Gasteiger partial charge in [0.15, 0.2) is 0 Å². The second kappa shape index (κ2) is 12.4. The molecule has 0 heterocycles. The van der Waals surface area contributed by atoms with Crippen molar-refractivity contribution in [3.8, 4) is 33.8 Å². The van der Waals surface area contributed by atoms with Crippen LogP contribution in [0.2, 0.25) is 0 Å². The van der Waals surface area contributed by atoms with Crippen LogP contribution in [0.4, 0.5) is 0 Å². The zero-order chi connectivity index (χ0) is 26.0. The summed E-state index contributed by atoms with van der Waals surface area (Å²) in [6.07, 6.45) is 2.84. The number of carboxylic acid groups (broad SMARTS) is 2. The van der Waals surface area contributed by atoms with Gasteiger partial charge in [-0.05, 0) is 90.0 Å². The molecular formula is C31H28O6. The molecule has 0 saturated carbocycles. The van der Waals surface area contributed by atoms with Crippen molar-refractivity contribution < 1.29 is 29.3 Å². The molecule has 0 bridgehead atoms. The third-order valence-corrected chi connectivity index (χ3v) is 5.97. The first-order valence-electron chi connectivity index (χ1n) is 12.1. The first-order valence-corrected chi connectivity index (χ1v) is 12.1. The van der Waals surface area contributed by atoms with Gasteiger partial charge in [-0.15, -0.1) is 0 Å². The van der Waals surface area contributed by atoms with Gasteiger partial charge in [0.2, 0.25) is 0 Å². The highest BCUT2D eigenvalue weighted by Crippen LogP contribution is 2.24. The summed E-state index contributed by atoms with van der Waals surface area (Å²) in [5, 5.41) is 18.0. The molecule has 0 atom stereocenters. The van der Waals surface area contributed by atoms with Gasteiger partial charge >= 0.3 is 11.9 Å². The highest BCUT2D eigenvalue weighted by Gasteiger charge is 2.05. The summed E-state index contributed by atoms with van der Waals surface area (Å²) in [4.78, 5) is 22.0. The summed E-state index contributed by atoms with van der Waals surface area (Å²) in [7, 11) is 0. The SMILES string of the molecule is O=C(O)c1ccc(-c2ccc(OCCCCCOc3ccc(-c4ccc(C(=O)O)cc4)cc3)cc2)cc1. The molecule has 0 spiro atoms. The van der Waals surface area contributed by atoms with Gasteiger partial charge < -0.3 is 19.7 Å². The normalized spacial score (nSPS) is 10.6. The summed E-state index contributed by atoms with van der Waals surface area (Å²) in [5.74, 6) is -0.251. The van der Waals surface area contributed by atoms with Crippen molar-refractivity contribution in [2.24, 2.45) is 0 Å². The summed E-state index contributed by atoms with van der Waals surface area (Å²) < 4.78 is 11.7. The molecule has 4 rings (SSSR count). The number of hydrogen-bond donors (Lipinski definition) is 2. The standard InChI is InChI=1S/C31H28O6/c32-30(33)26-8-4-22(5-9-26)24-12-16-28(17-13-24)36-20-2-1-3-21-37-29-18-14-25(15-19-29)23-6-10-27(11-7-23)31(34)35/h4-19H,1-3,20-21H2,(H,32,33)(H,34,35). The molecular weight excluding hydrogens is 468 g/mol. The Morgan fingerprint density at radius 2 is 0.757 bits per heavy atom. The Morgan fingerprint density at radius 1 is 0.459 bits per heavy atom. The van der Waals surface area contributed by atoms with Crippen LogP contribution in [0.15, 0.2) is 97.1 Å². The minimum absolute atomic E-state index is 0.272. The lowest BCUT2D eigenvalue weighted by molar-refractivity contribution is 0.0686. The van der Waals surface area contributed by atoms with Gasteiger partial charge in [0.05, 0.1) is 24.3 Å². The van der Waals surface area contributed by atoms with E-state index in [2.05, 4.69) is 0 Å². The van der Waals surface area contributed by atoms with E-state index in [1.165, 1.54) is 0 Å². The van der Waals surface area contributed by atoms with Crippen molar-refractivity contribution in [1.29, 1.82) is 0 Å². The summed E-state index contributed by atoms with van der Waals surface area (Å²) >= 11 is 0. The van der Waals surface area contributed by atoms with E-state index < -0.39 is 11.9 Å². The predicted octanol–water partition coefficient (Wildman–Crippen LogP) is 7.05. The highest BCUT2D eigenvalue weighted by atomic mass is 16.5. The maximum Gasteiger partial charge on any atom is 0.335 e. The van der Waals surface area contributed by atoms with Crippen LogP contribution in [0.5, 0.6) is 11.5 Å². The van der Waals surface area contributed by atoms with E-state index in [4.69, 9.17) is 19.7 Å².